The van der Waals surface area contributed by atoms with Crippen molar-refractivity contribution >= 4 is 0 Å². The molecule has 0 aliphatic rings. The average Bonchev–Trinajstić information content (AvgIpc) is 1.94. The Morgan fingerprint density at radius 1 is 1.00 bits per heavy atom. The first-order valence-electron chi connectivity index (χ1n) is 2.99. The van der Waals surface area contributed by atoms with Gasteiger partial charge in [-0.15, -0.1) is 0 Å². The van der Waals surface area contributed by atoms with E-state index in [-0.39, 0.29) is 6.61 Å². The van der Waals surface area contributed by atoms with Gasteiger partial charge in [0, 0.05) is 20.3 Å². The van der Waals surface area contributed by atoms with E-state index < -0.39 is 0 Å². The van der Waals surface area contributed by atoms with Gasteiger partial charge in [-0.05, 0) is 13.3 Å². The fourth-order valence-electron chi connectivity index (χ4n) is 0. The van der Waals surface area contributed by atoms with E-state index >= 15 is 0 Å². The van der Waals surface area contributed by atoms with Gasteiger partial charge in [-0.1, -0.05) is 6.92 Å². The van der Waals surface area contributed by atoms with Crippen molar-refractivity contribution in [2.75, 3.05) is 20.3 Å². The molecule has 0 rings (SSSR count). The molecule has 0 bridgehead atoms. The Morgan fingerprint density at radius 2 is 1.11 bits per heavy atom. The third kappa shape index (κ3) is 352. The molecule has 0 spiro atoms. The molecule has 0 fully saturated rings. The van der Waals surface area contributed by atoms with E-state index in [2.05, 4.69) is 0 Å². The van der Waals surface area contributed by atoms with Gasteiger partial charge in [0.15, 0.2) is 0 Å². The minimum atomic E-state index is 0.250. The first kappa shape index (κ1) is 15.9. The highest BCUT2D eigenvalue weighted by atomic mass is 16.3. The van der Waals surface area contributed by atoms with Crippen molar-refractivity contribution < 1.29 is 15.3 Å². The zero-order chi connectivity index (χ0) is 8.12. The Bertz CT molecular complexity index is 15.8. The number of aliphatic hydroxyl groups excluding tert-OH is 3. The van der Waals surface area contributed by atoms with Crippen LogP contribution in [0.4, 0.5) is 0 Å². The van der Waals surface area contributed by atoms with Crippen LogP contribution in [-0.4, -0.2) is 35.6 Å². The molecule has 0 atom stereocenters. The number of rotatable bonds is 1. The van der Waals surface area contributed by atoms with Crippen molar-refractivity contribution in [2.24, 2.45) is 0 Å². The molecular weight excluding hydrogens is 120 g/mol. The van der Waals surface area contributed by atoms with Crippen molar-refractivity contribution in [3.63, 3.8) is 0 Å². The summed E-state index contributed by atoms with van der Waals surface area (Å²) in [5.41, 5.74) is 0. The molecule has 0 aromatic rings. The van der Waals surface area contributed by atoms with Crippen molar-refractivity contribution in [3.05, 3.63) is 0 Å². The van der Waals surface area contributed by atoms with Gasteiger partial charge in [0.1, 0.15) is 0 Å². The lowest BCUT2D eigenvalue weighted by atomic mass is 10.5. The lowest BCUT2D eigenvalue weighted by Gasteiger charge is -1.69. The fourth-order valence-corrected chi connectivity index (χ4v) is 0. The number of hydrogen-bond donors (Lipinski definition) is 3. The SMILES string of the molecule is CCCO.CCO.CO. The summed E-state index contributed by atoms with van der Waals surface area (Å²) in [6.45, 7) is 4.18. The topological polar surface area (TPSA) is 60.7 Å². The largest absolute Gasteiger partial charge is 0.400 e. The summed E-state index contributed by atoms with van der Waals surface area (Å²) in [4.78, 5) is 0. The minimum Gasteiger partial charge on any atom is -0.400 e. The van der Waals surface area contributed by atoms with Gasteiger partial charge in [0.25, 0.3) is 0 Å². The summed E-state index contributed by atoms with van der Waals surface area (Å²) >= 11 is 0. The van der Waals surface area contributed by atoms with Crippen LogP contribution in [0.3, 0.4) is 0 Å². The van der Waals surface area contributed by atoms with Crippen LogP contribution in [0.5, 0.6) is 0 Å². The molecule has 0 aliphatic heterocycles. The number of aliphatic hydroxyl groups is 3. The molecule has 0 aromatic heterocycles. The van der Waals surface area contributed by atoms with Crippen LogP contribution >= 0.6 is 0 Å². The van der Waals surface area contributed by atoms with Gasteiger partial charge in [0.05, 0.1) is 0 Å². The van der Waals surface area contributed by atoms with E-state index in [4.69, 9.17) is 15.3 Å². The molecule has 0 aliphatic carbocycles. The molecule has 0 aromatic carbocycles. The predicted octanol–water partition coefficient (Wildman–Crippen LogP) is -0.00420. The smallest absolute Gasteiger partial charge is 0.0428 e. The van der Waals surface area contributed by atoms with E-state index in [1.54, 1.807) is 6.92 Å². The summed E-state index contributed by atoms with van der Waals surface area (Å²) in [6.07, 6.45) is 0.875. The first-order valence-corrected chi connectivity index (χ1v) is 2.99. The van der Waals surface area contributed by atoms with Crippen LogP contribution in [0.1, 0.15) is 20.3 Å². The summed E-state index contributed by atoms with van der Waals surface area (Å²) in [7, 11) is 1.00. The van der Waals surface area contributed by atoms with Gasteiger partial charge in [-0.3, -0.25) is 0 Å². The Balaban J connectivity index is -0.0000000646. The molecule has 0 saturated carbocycles. The van der Waals surface area contributed by atoms with Crippen LogP contribution in [0.2, 0.25) is 0 Å². The van der Waals surface area contributed by atoms with Gasteiger partial charge >= 0.3 is 0 Å². The fraction of sp³-hybridized carbons (Fsp3) is 1.00. The molecule has 3 nitrogen and oxygen atoms in total. The summed E-state index contributed by atoms with van der Waals surface area (Å²) in [6, 6.07) is 0. The van der Waals surface area contributed by atoms with E-state index in [0.29, 0.717) is 6.61 Å². The van der Waals surface area contributed by atoms with E-state index in [0.717, 1.165) is 13.5 Å². The molecule has 0 heterocycles. The van der Waals surface area contributed by atoms with Crippen LogP contribution in [0, 0.1) is 0 Å². The Morgan fingerprint density at radius 3 is 1.11 bits per heavy atom. The molecule has 0 radical (unpaired) electrons. The molecule has 3 N–H and O–H groups in total. The zero-order valence-corrected chi connectivity index (χ0v) is 6.46. The normalized spacial score (nSPS) is 6.00. The first-order chi connectivity index (χ1) is 4.33. The Hall–Kier alpha value is -0.120. The second-order valence-electron chi connectivity index (χ2n) is 1.04. The molecule has 0 saturated heterocycles. The predicted molar refractivity (Wildman–Crippen MR) is 38.3 cm³/mol. The molecule has 0 amide bonds. The Kier molecular flexibility index (Phi) is 79.7. The van der Waals surface area contributed by atoms with E-state index in [9.17, 15) is 0 Å². The third-order valence-corrected chi connectivity index (χ3v) is 0.224. The van der Waals surface area contributed by atoms with Gasteiger partial charge in [0.2, 0.25) is 0 Å². The highest BCUT2D eigenvalue weighted by Gasteiger charge is 1.57. The van der Waals surface area contributed by atoms with Gasteiger partial charge in [-0.25, -0.2) is 0 Å². The molecule has 0 unspecified atom stereocenters. The standard InChI is InChI=1S/C3H8O.C2H6O.CH4O/c1-2-3-4;1-2-3;1-2/h4H,2-3H2,1H3;3H,2H2,1H3;2H,1H3. The van der Waals surface area contributed by atoms with Crippen LogP contribution in [0.25, 0.3) is 0 Å². The molecule has 60 valence electrons. The maximum absolute atomic E-state index is 7.88. The lowest BCUT2D eigenvalue weighted by molar-refractivity contribution is 0.295. The summed E-state index contributed by atoms with van der Waals surface area (Å²) < 4.78 is 0. The van der Waals surface area contributed by atoms with Crippen molar-refractivity contribution in [1.29, 1.82) is 0 Å². The number of hydrogen-bond acceptors (Lipinski definition) is 3. The van der Waals surface area contributed by atoms with Gasteiger partial charge < -0.3 is 15.3 Å². The summed E-state index contributed by atoms with van der Waals surface area (Å²) in [5, 5.41) is 22.4. The van der Waals surface area contributed by atoms with Crippen LogP contribution in [-0.2, 0) is 0 Å². The van der Waals surface area contributed by atoms with Crippen molar-refractivity contribution in [3.8, 4) is 0 Å². The zero-order valence-electron chi connectivity index (χ0n) is 6.46. The van der Waals surface area contributed by atoms with Crippen molar-refractivity contribution in [1.82, 2.24) is 0 Å². The average molecular weight is 138 g/mol. The third-order valence-electron chi connectivity index (χ3n) is 0.224. The van der Waals surface area contributed by atoms with Crippen molar-refractivity contribution in [2.45, 2.75) is 20.3 Å². The van der Waals surface area contributed by atoms with Crippen LogP contribution < -0.4 is 0 Å². The quantitative estimate of drug-likeness (QED) is 0.478. The molecule has 3 heteroatoms. The summed E-state index contributed by atoms with van der Waals surface area (Å²) in [5.74, 6) is 0. The van der Waals surface area contributed by atoms with E-state index in [1.807, 2.05) is 6.92 Å². The molecular formula is C6H18O3. The monoisotopic (exact) mass is 138 g/mol. The second kappa shape index (κ2) is 45.0. The highest BCUT2D eigenvalue weighted by Crippen LogP contribution is 1.61. The molecule has 9 heavy (non-hydrogen) atoms. The maximum atomic E-state index is 7.88. The van der Waals surface area contributed by atoms with E-state index in [1.165, 1.54) is 0 Å². The maximum Gasteiger partial charge on any atom is 0.0428 e. The lowest BCUT2D eigenvalue weighted by Crippen LogP contribution is -1.69. The van der Waals surface area contributed by atoms with Crippen LogP contribution in [0.15, 0.2) is 0 Å². The highest BCUT2D eigenvalue weighted by molar-refractivity contribution is 4.10. The minimum absolute atomic E-state index is 0.250. The Labute approximate surface area is 57.0 Å². The van der Waals surface area contributed by atoms with Gasteiger partial charge in [-0.2, -0.15) is 0 Å². The second-order valence-corrected chi connectivity index (χ2v) is 1.04.